The average Bonchev–Trinajstić information content (AvgIpc) is 3.07. The van der Waals surface area contributed by atoms with E-state index in [-0.39, 0.29) is 12.3 Å². The van der Waals surface area contributed by atoms with E-state index in [1.807, 2.05) is 0 Å². The maximum absolute atomic E-state index is 6.37. The van der Waals surface area contributed by atoms with Crippen LogP contribution in [0.3, 0.4) is 0 Å². The summed E-state index contributed by atoms with van der Waals surface area (Å²) in [6, 6.07) is 0. The van der Waals surface area contributed by atoms with Crippen LogP contribution in [0.15, 0.2) is 0 Å². The average molecular weight is 356 g/mol. The molecule has 0 aliphatic carbocycles. The predicted molar refractivity (Wildman–Crippen MR) is 108 cm³/mol. The molecule has 1 fully saturated rings. The molecular weight excluding hydrogens is 310 g/mol. The van der Waals surface area contributed by atoms with E-state index in [4.69, 9.17) is 9.47 Å². The van der Waals surface area contributed by atoms with Crippen LogP contribution in [0.25, 0.3) is 0 Å². The standard InChI is InChI=1S/C22H45NO2/c1-6-8-9-10-11-12-13-14-15-16-19(3)20-17-18-21(25-20)22(23(4)5)24-7-2/h19-22H,6-18H2,1-5H3. The van der Waals surface area contributed by atoms with Crippen molar-refractivity contribution in [3.8, 4) is 0 Å². The lowest BCUT2D eigenvalue weighted by Crippen LogP contribution is -2.41. The largest absolute Gasteiger partial charge is 0.371 e. The van der Waals surface area contributed by atoms with Crippen LogP contribution in [0.1, 0.15) is 97.8 Å². The molecule has 0 N–H and O–H groups in total. The van der Waals surface area contributed by atoms with E-state index in [9.17, 15) is 0 Å². The number of nitrogens with zero attached hydrogens (tertiary/aromatic N) is 1. The van der Waals surface area contributed by atoms with Crippen LogP contribution in [-0.2, 0) is 9.47 Å². The molecule has 0 aromatic rings. The van der Waals surface area contributed by atoms with Crippen molar-refractivity contribution in [2.75, 3.05) is 20.7 Å². The Morgan fingerprint density at radius 2 is 1.44 bits per heavy atom. The van der Waals surface area contributed by atoms with Crippen molar-refractivity contribution in [2.45, 2.75) is 116 Å². The SMILES string of the molecule is CCCCCCCCCCCC(C)C1CCC(C(OCC)N(C)C)O1. The number of hydrogen-bond donors (Lipinski definition) is 0. The van der Waals surface area contributed by atoms with Gasteiger partial charge in [-0.1, -0.05) is 71.6 Å². The molecule has 1 rings (SSSR count). The summed E-state index contributed by atoms with van der Waals surface area (Å²) in [5, 5.41) is 0. The highest BCUT2D eigenvalue weighted by Gasteiger charge is 2.35. The van der Waals surface area contributed by atoms with Gasteiger partial charge in [0.25, 0.3) is 0 Å². The van der Waals surface area contributed by atoms with Crippen LogP contribution >= 0.6 is 0 Å². The molecule has 4 unspecified atom stereocenters. The Bertz CT molecular complexity index is 308. The van der Waals surface area contributed by atoms with Gasteiger partial charge in [0.1, 0.15) is 6.23 Å². The van der Waals surface area contributed by atoms with Gasteiger partial charge in [-0.2, -0.15) is 0 Å². The number of ether oxygens (including phenoxy) is 2. The lowest BCUT2D eigenvalue weighted by molar-refractivity contribution is -0.129. The fourth-order valence-corrected chi connectivity index (χ4v) is 4.04. The predicted octanol–water partition coefficient (Wildman–Crippen LogP) is 6.02. The summed E-state index contributed by atoms with van der Waals surface area (Å²) >= 11 is 0. The zero-order valence-corrected chi connectivity index (χ0v) is 17.8. The highest BCUT2D eigenvalue weighted by molar-refractivity contribution is 4.82. The first-order chi connectivity index (χ1) is 12.1. The van der Waals surface area contributed by atoms with Gasteiger partial charge < -0.3 is 9.47 Å². The van der Waals surface area contributed by atoms with Crippen LogP contribution in [0.5, 0.6) is 0 Å². The first kappa shape index (κ1) is 22.9. The van der Waals surface area contributed by atoms with E-state index >= 15 is 0 Å². The van der Waals surface area contributed by atoms with Crippen LogP contribution in [-0.4, -0.2) is 44.0 Å². The zero-order chi connectivity index (χ0) is 18.5. The Kier molecular flexibility index (Phi) is 12.8. The number of hydrogen-bond acceptors (Lipinski definition) is 3. The van der Waals surface area contributed by atoms with Gasteiger partial charge in [0, 0.05) is 6.61 Å². The summed E-state index contributed by atoms with van der Waals surface area (Å²) in [5.41, 5.74) is 0. The highest BCUT2D eigenvalue weighted by Crippen LogP contribution is 2.31. The molecule has 0 bridgehead atoms. The van der Waals surface area contributed by atoms with Crippen molar-refractivity contribution in [1.82, 2.24) is 4.90 Å². The fourth-order valence-electron chi connectivity index (χ4n) is 4.04. The van der Waals surface area contributed by atoms with Gasteiger partial charge in [-0.05, 0) is 46.2 Å². The third kappa shape index (κ3) is 9.40. The fraction of sp³-hybridized carbons (Fsp3) is 1.00. The van der Waals surface area contributed by atoms with Crippen molar-refractivity contribution < 1.29 is 9.47 Å². The van der Waals surface area contributed by atoms with Gasteiger partial charge in [0.2, 0.25) is 0 Å². The minimum absolute atomic E-state index is 0.106. The van der Waals surface area contributed by atoms with E-state index in [0.29, 0.717) is 12.0 Å². The summed E-state index contributed by atoms with van der Waals surface area (Å²) in [7, 11) is 4.17. The van der Waals surface area contributed by atoms with Crippen molar-refractivity contribution >= 4 is 0 Å². The molecule has 1 saturated heterocycles. The summed E-state index contributed by atoms with van der Waals surface area (Å²) < 4.78 is 12.2. The van der Waals surface area contributed by atoms with E-state index in [1.54, 1.807) is 0 Å². The Labute approximate surface area is 157 Å². The zero-order valence-electron chi connectivity index (χ0n) is 17.8. The second kappa shape index (κ2) is 14.0. The van der Waals surface area contributed by atoms with Crippen molar-refractivity contribution in [3.05, 3.63) is 0 Å². The molecule has 4 atom stereocenters. The molecule has 0 spiro atoms. The second-order valence-corrected chi connectivity index (χ2v) is 8.19. The van der Waals surface area contributed by atoms with Crippen LogP contribution in [0.2, 0.25) is 0 Å². The Morgan fingerprint density at radius 3 is 2.00 bits per heavy atom. The van der Waals surface area contributed by atoms with Crippen molar-refractivity contribution in [2.24, 2.45) is 5.92 Å². The van der Waals surface area contributed by atoms with Crippen LogP contribution in [0.4, 0.5) is 0 Å². The summed E-state index contributed by atoms with van der Waals surface area (Å²) in [6.07, 6.45) is 17.1. The first-order valence-electron chi connectivity index (χ1n) is 11.0. The van der Waals surface area contributed by atoms with Crippen LogP contribution in [0, 0.1) is 5.92 Å². The lowest BCUT2D eigenvalue weighted by atomic mass is 9.95. The minimum atomic E-state index is 0.106. The Hall–Kier alpha value is -0.120. The van der Waals surface area contributed by atoms with E-state index < -0.39 is 0 Å². The molecule has 0 aromatic carbocycles. The maximum Gasteiger partial charge on any atom is 0.136 e. The van der Waals surface area contributed by atoms with Crippen LogP contribution < -0.4 is 0 Å². The summed E-state index contributed by atoms with van der Waals surface area (Å²) in [6.45, 7) is 7.48. The summed E-state index contributed by atoms with van der Waals surface area (Å²) in [5.74, 6) is 0.680. The molecule has 1 aliphatic heterocycles. The molecular formula is C22H45NO2. The maximum atomic E-state index is 6.37. The first-order valence-corrected chi connectivity index (χ1v) is 11.0. The Balaban J connectivity index is 2.10. The quantitative estimate of drug-likeness (QED) is 0.265. The van der Waals surface area contributed by atoms with E-state index in [2.05, 4.69) is 39.8 Å². The molecule has 1 heterocycles. The molecule has 25 heavy (non-hydrogen) atoms. The second-order valence-electron chi connectivity index (χ2n) is 8.19. The number of rotatable bonds is 15. The smallest absolute Gasteiger partial charge is 0.136 e. The number of likely N-dealkylation sites (N-methyl/N-ethyl adjacent to an activating group) is 1. The summed E-state index contributed by atoms with van der Waals surface area (Å²) in [4.78, 5) is 2.15. The monoisotopic (exact) mass is 355 g/mol. The third-order valence-electron chi connectivity index (χ3n) is 5.65. The van der Waals surface area contributed by atoms with Gasteiger partial charge >= 0.3 is 0 Å². The molecule has 0 aromatic heterocycles. The molecule has 1 aliphatic rings. The molecule has 3 heteroatoms. The van der Waals surface area contributed by atoms with Gasteiger partial charge in [-0.15, -0.1) is 0 Å². The van der Waals surface area contributed by atoms with E-state index in [1.165, 1.54) is 70.6 Å². The van der Waals surface area contributed by atoms with Gasteiger partial charge in [0.05, 0.1) is 12.2 Å². The molecule has 150 valence electrons. The van der Waals surface area contributed by atoms with Crippen molar-refractivity contribution in [1.29, 1.82) is 0 Å². The number of unbranched alkanes of at least 4 members (excludes halogenated alkanes) is 8. The van der Waals surface area contributed by atoms with Gasteiger partial charge in [-0.3, -0.25) is 4.90 Å². The topological polar surface area (TPSA) is 21.7 Å². The van der Waals surface area contributed by atoms with E-state index in [0.717, 1.165) is 13.0 Å². The lowest BCUT2D eigenvalue weighted by Gasteiger charge is -2.30. The van der Waals surface area contributed by atoms with Crippen molar-refractivity contribution in [3.63, 3.8) is 0 Å². The van der Waals surface area contributed by atoms with Gasteiger partial charge in [0.15, 0.2) is 0 Å². The molecule has 0 saturated carbocycles. The molecule has 0 radical (unpaired) electrons. The normalized spacial score (nSPS) is 23.3. The molecule has 3 nitrogen and oxygen atoms in total. The third-order valence-corrected chi connectivity index (χ3v) is 5.65. The van der Waals surface area contributed by atoms with Gasteiger partial charge in [-0.25, -0.2) is 0 Å². The Morgan fingerprint density at radius 1 is 0.880 bits per heavy atom. The highest BCUT2D eigenvalue weighted by atomic mass is 16.6. The minimum Gasteiger partial charge on any atom is -0.371 e. The molecule has 0 amide bonds.